The number of anilines is 1. The third-order valence-electron chi connectivity index (χ3n) is 5.91. The van der Waals surface area contributed by atoms with Crippen molar-refractivity contribution in [2.24, 2.45) is 0 Å². The van der Waals surface area contributed by atoms with Crippen molar-refractivity contribution in [2.75, 3.05) is 11.9 Å². The second-order valence-electron chi connectivity index (χ2n) is 8.24. The van der Waals surface area contributed by atoms with E-state index in [0.29, 0.717) is 24.9 Å². The van der Waals surface area contributed by atoms with Gasteiger partial charge in [-0.15, -0.1) is 0 Å². The number of rotatable bonds is 8. The molecular formula is C23H23N7O3S. The van der Waals surface area contributed by atoms with Gasteiger partial charge in [-0.25, -0.2) is 18.1 Å². The number of H-pyrrole nitrogens is 1. The summed E-state index contributed by atoms with van der Waals surface area (Å²) in [5.41, 5.74) is 3.50. The number of aromatic nitrogens is 4. The van der Waals surface area contributed by atoms with Gasteiger partial charge in [0.15, 0.2) is 0 Å². The van der Waals surface area contributed by atoms with Crippen LogP contribution in [0, 0.1) is 11.3 Å². The highest BCUT2D eigenvalue weighted by atomic mass is 32.2. The van der Waals surface area contributed by atoms with Gasteiger partial charge in [-0.1, -0.05) is 6.07 Å². The molecule has 0 unspecified atom stereocenters. The van der Waals surface area contributed by atoms with Crippen molar-refractivity contribution in [2.45, 2.75) is 36.4 Å². The van der Waals surface area contributed by atoms with Crippen LogP contribution in [0.3, 0.4) is 0 Å². The predicted octanol–water partition coefficient (Wildman–Crippen LogP) is 2.21. The summed E-state index contributed by atoms with van der Waals surface area (Å²) >= 11 is 0. The van der Waals surface area contributed by atoms with Gasteiger partial charge in [0, 0.05) is 41.6 Å². The molecule has 3 aromatic heterocycles. The minimum atomic E-state index is -3.71. The maximum absolute atomic E-state index is 12.7. The number of nitrogens with zero attached hydrogens (tertiary/aromatic N) is 4. The Morgan fingerprint density at radius 3 is 2.88 bits per heavy atom. The number of fused-ring (bicyclic) bond motifs is 1. The molecule has 0 saturated heterocycles. The first-order valence-corrected chi connectivity index (χ1v) is 12.3. The minimum absolute atomic E-state index is 0.00149. The third kappa shape index (κ3) is 4.26. The lowest BCUT2D eigenvalue weighted by molar-refractivity contribution is 0.269. The molecule has 1 aliphatic rings. The monoisotopic (exact) mass is 477 g/mol. The number of hydrogen-bond donors (Lipinski definition) is 4. The van der Waals surface area contributed by atoms with Crippen molar-refractivity contribution < 1.29 is 13.5 Å². The van der Waals surface area contributed by atoms with Crippen LogP contribution in [0.5, 0.6) is 0 Å². The van der Waals surface area contributed by atoms with E-state index in [-0.39, 0.29) is 23.6 Å². The fraction of sp³-hybridized carbons (Fsp3) is 0.261. The average Bonchev–Trinajstić information content (AvgIpc) is 3.47. The normalized spacial score (nSPS) is 17.9. The van der Waals surface area contributed by atoms with E-state index in [9.17, 15) is 13.5 Å². The summed E-state index contributed by atoms with van der Waals surface area (Å²) in [4.78, 5) is 7.69. The number of aliphatic hydroxyl groups excluding tert-OH is 1. The molecule has 0 atom stereocenters. The van der Waals surface area contributed by atoms with E-state index in [0.717, 1.165) is 28.0 Å². The SMILES string of the molecule is N#Cc1cccc(S(=O)(=O)N[C@H]2C[C@@H](Nc3c(-c4ccn(CCO)n4)cnc4[nH]ccc34)C2)c1. The fourth-order valence-corrected chi connectivity index (χ4v) is 5.45. The fourth-order valence-electron chi connectivity index (χ4n) is 4.15. The van der Waals surface area contributed by atoms with Gasteiger partial charge in [0.2, 0.25) is 10.0 Å². The molecule has 1 aliphatic carbocycles. The summed E-state index contributed by atoms with van der Waals surface area (Å²) in [6, 6.07) is 11.6. The molecule has 0 spiro atoms. The largest absolute Gasteiger partial charge is 0.394 e. The lowest BCUT2D eigenvalue weighted by Crippen LogP contribution is -2.49. The van der Waals surface area contributed by atoms with Crippen molar-refractivity contribution in [3.63, 3.8) is 0 Å². The van der Waals surface area contributed by atoms with Crippen molar-refractivity contribution in [1.29, 1.82) is 5.26 Å². The van der Waals surface area contributed by atoms with Crippen LogP contribution in [0.15, 0.2) is 59.9 Å². The minimum Gasteiger partial charge on any atom is -0.394 e. The van der Waals surface area contributed by atoms with Crippen LogP contribution >= 0.6 is 0 Å². The number of sulfonamides is 1. The quantitative estimate of drug-likeness (QED) is 0.304. The summed E-state index contributed by atoms with van der Waals surface area (Å²) in [7, 11) is -3.71. The number of pyridine rings is 1. The van der Waals surface area contributed by atoms with Crippen LogP contribution < -0.4 is 10.0 Å². The number of aromatic amines is 1. The summed E-state index contributed by atoms with van der Waals surface area (Å²) < 4.78 is 29.9. The number of benzene rings is 1. The second kappa shape index (κ2) is 8.90. The maximum atomic E-state index is 12.7. The van der Waals surface area contributed by atoms with Gasteiger partial charge in [0.25, 0.3) is 0 Å². The van der Waals surface area contributed by atoms with Gasteiger partial charge in [0.05, 0.1) is 41.1 Å². The zero-order valence-corrected chi connectivity index (χ0v) is 19.0. The Bertz CT molecular complexity index is 1480. The molecule has 11 heteroatoms. The number of nitriles is 1. The molecule has 4 N–H and O–H groups in total. The van der Waals surface area contributed by atoms with Crippen molar-refractivity contribution in [1.82, 2.24) is 24.5 Å². The Kier molecular flexibility index (Phi) is 5.79. The van der Waals surface area contributed by atoms with Crippen LogP contribution in [-0.4, -0.2) is 52.0 Å². The molecule has 1 saturated carbocycles. The van der Waals surface area contributed by atoms with Crippen LogP contribution in [0.25, 0.3) is 22.3 Å². The first kappa shape index (κ1) is 22.1. The molecule has 0 bridgehead atoms. The maximum Gasteiger partial charge on any atom is 0.240 e. The van der Waals surface area contributed by atoms with Crippen molar-refractivity contribution in [3.05, 3.63) is 60.6 Å². The zero-order valence-electron chi connectivity index (χ0n) is 18.1. The number of nitrogens with one attached hydrogen (secondary N) is 3. The van der Waals surface area contributed by atoms with Gasteiger partial charge >= 0.3 is 0 Å². The molecule has 0 radical (unpaired) electrons. The summed E-state index contributed by atoms with van der Waals surface area (Å²) in [6.45, 7) is 0.409. The molecule has 4 aromatic rings. The third-order valence-corrected chi connectivity index (χ3v) is 7.43. The molecule has 0 aliphatic heterocycles. The Balaban J connectivity index is 1.32. The van der Waals surface area contributed by atoms with E-state index in [4.69, 9.17) is 5.26 Å². The number of aliphatic hydroxyl groups is 1. The molecule has 3 heterocycles. The van der Waals surface area contributed by atoms with Crippen LogP contribution in [-0.2, 0) is 16.6 Å². The Hall–Kier alpha value is -3.72. The van der Waals surface area contributed by atoms with Crippen molar-refractivity contribution in [3.8, 4) is 17.3 Å². The summed E-state index contributed by atoms with van der Waals surface area (Å²) in [6.07, 6.45) is 6.62. The van der Waals surface area contributed by atoms with Gasteiger partial charge in [-0.05, 0) is 43.2 Å². The Morgan fingerprint density at radius 1 is 1.24 bits per heavy atom. The van der Waals surface area contributed by atoms with Gasteiger partial charge < -0.3 is 15.4 Å². The second-order valence-corrected chi connectivity index (χ2v) is 9.96. The van der Waals surface area contributed by atoms with Crippen molar-refractivity contribution >= 4 is 26.7 Å². The van der Waals surface area contributed by atoms with E-state index < -0.39 is 10.0 Å². The number of hydrogen-bond acceptors (Lipinski definition) is 7. The van der Waals surface area contributed by atoms with Crippen LogP contribution in [0.2, 0.25) is 0 Å². The van der Waals surface area contributed by atoms with Gasteiger partial charge in [-0.2, -0.15) is 10.4 Å². The van der Waals surface area contributed by atoms with Crippen LogP contribution in [0.4, 0.5) is 5.69 Å². The molecule has 34 heavy (non-hydrogen) atoms. The van der Waals surface area contributed by atoms with E-state index >= 15 is 0 Å². The lowest BCUT2D eigenvalue weighted by atomic mass is 9.87. The van der Waals surface area contributed by atoms with E-state index in [1.54, 1.807) is 23.0 Å². The van der Waals surface area contributed by atoms with Gasteiger partial charge in [0.1, 0.15) is 5.65 Å². The first-order chi connectivity index (χ1) is 16.5. The standard InChI is InChI=1S/C23H23N7O3S/c24-13-15-2-1-3-18(10-15)34(32,33)29-17-11-16(12-17)27-22-19-4-6-25-23(19)26-14-20(22)21-5-7-30(28-21)8-9-31/h1-7,10,14,16-17,29,31H,8-9,11-12H2,(H2,25,26,27)/t16-,17+. The average molecular weight is 478 g/mol. The Labute approximate surface area is 196 Å². The smallest absolute Gasteiger partial charge is 0.240 e. The van der Waals surface area contributed by atoms with E-state index in [2.05, 4.69) is 25.1 Å². The van der Waals surface area contributed by atoms with Gasteiger partial charge in [-0.3, -0.25) is 4.68 Å². The summed E-state index contributed by atoms with van der Waals surface area (Å²) in [5, 5.41) is 27.2. The zero-order chi connectivity index (χ0) is 23.7. The molecule has 1 aromatic carbocycles. The van der Waals surface area contributed by atoms with E-state index in [1.165, 1.54) is 12.1 Å². The van der Waals surface area contributed by atoms with Crippen LogP contribution in [0.1, 0.15) is 18.4 Å². The molecule has 174 valence electrons. The topological polar surface area (TPSA) is 149 Å². The molecule has 10 nitrogen and oxygen atoms in total. The highest BCUT2D eigenvalue weighted by molar-refractivity contribution is 7.89. The molecule has 5 rings (SSSR count). The van der Waals surface area contributed by atoms with E-state index in [1.807, 2.05) is 30.6 Å². The molecular weight excluding hydrogens is 454 g/mol. The predicted molar refractivity (Wildman–Crippen MR) is 126 cm³/mol. The molecule has 1 fully saturated rings. The molecule has 0 amide bonds. The lowest BCUT2D eigenvalue weighted by Gasteiger charge is -2.37. The summed E-state index contributed by atoms with van der Waals surface area (Å²) in [5.74, 6) is 0. The highest BCUT2D eigenvalue weighted by Gasteiger charge is 2.33. The first-order valence-electron chi connectivity index (χ1n) is 10.9. The highest BCUT2D eigenvalue weighted by Crippen LogP contribution is 2.36. The Morgan fingerprint density at radius 2 is 2.09 bits per heavy atom.